The van der Waals surface area contributed by atoms with Gasteiger partial charge in [-0.3, -0.25) is 0 Å². The monoisotopic (exact) mass is 269 g/mol. The molecule has 3 aromatic rings. The molecule has 0 spiro atoms. The zero-order valence-electron chi connectivity index (χ0n) is 10.9. The summed E-state index contributed by atoms with van der Waals surface area (Å²) in [6.07, 6.45) is 1.67. The summed E-state index contributed by atoms with van der Waals surface area (Å²) in [6.45, 7) is 0.767. The molecular formula is C16H15NO3. The van der Waals surface area contributed by atoms with Crippen molar-refractivity contribution in [2.24, 2.45) is 5.73 Å². The van der Waals surface area contributed by atoms with Gasteiger partial charge in [-0.25, -0.2) is 0 Å². The van der Waals surface area contributed by atoms with Crippen LogP contribution in [-0.2, 0) is 13.2 Å². The Hall–Kier alpha value is -2.46. The highest BCUT2D eigenvalue weighted by Gasteiger charge is 2.10. The number of fused-ring (bicyclic) bond motifs is 1. The number of aromatic hydroxyl groups is 1. The van der Waals surface area contributed by atoms with E-state index in [9.17, 15) is 5.11 Å². The molecule has 0 aliphatic rings. The summed E-state index contributed by atoms with van der Waals surface area (Å²) in [5.74, 6) is 0.583. The largest absolute Gasteiger partial charge is 0.504 e. The van der Waals surface area contributed by atoms with Crippen molar-refractivity contribution in [2.75, 3.05) is 0 Å². The average molecular weight is 269 g/mol. The number of rotatable bonds is 4. The molecule has 2 aromatic carbocycles. The van der Waals surface area contributed by atoms with E-state index in [2.05, 4.69) is 0 Å². The molecule has 1 aromatic heterocycles. The van der Waals surface area contributed by atoms with Crippen molar-refractivity contribution in [2.45, 2.75) is 13.2 Å². The van der Waals surface area contributed by atoms with Crippen LogP contribution in [0.2, 0.25) is 0 Å². The van der Waals surface area contributed by atoms with Crippen LogP contribution in [0.25, 0.3) is 11.0 Å². The molecule has 0 amide bonds. The highest BCUT2D eigenvalue weighted by atomic mass is 16.5. The van der Waals surface area contributed by atoms with Crippen molar-refractivity contribution in [3.05, 3.63) is 59.9 Å². The van der Waals surface area contributed by atoms with Crippen LogP contribution < -0.4 is 10.5 Å². The topological polar surface area (TPSA) is 68.6 Å². The molecule has 0 atom stereocenters. The number of phenolic OH excluding ortho intramolecular Hbond substituents is 1. The van der Waals surface area contributed by atoms with Crippen LogP contribution >= 0.6 is 0 Å². The molecule has 0 radical (unpaired) electrons. The minimum atomic E-state index is 0.128. The Morgan fingerprint density at radius 3 is 2.70 bits per heavy atom. The zero-order valence-corrected chi connectivity index (χ0v) is 10.9. The molecule has 0 saturated carbocycles. The van der Waals surface area contributed by atoms with Gasteiger partial charge < -0.3 is 20.0 Å². The number of phenols is 1. The number of furan rings is 1. The van der Waals surface area contributed by atoms with Crippen LogP contribution in [0.3, 0.4) is 0 Å². The fourth-order valence-electron chi connectivity index (χ4n) is 2.18. The second-order valence-corrected chi connectivity index (χ2v) is 4.52. The minimum absolute atomic E-state index is 0.128. The van der Waals surface area contributed by atoms with E-state index in [0.717, 1.165) is 22.1 Å². The summed E-state index contributed by atoms with van der Waals surface area (Å²) in [5, 5.41) is 10.7. The van der Waals surface area contributed by atoms with Gasteiger partial charge in [0, 0.05) is 23.1 Å². The lowest BCUT2D eigenvalue weighted by atomic mass is 10.1. The first-order chi connectivity index (χ1) is 9.79. The van der Waals surface area contributed by atoms with Crippen LogP contribution in [0.1, 0.15) is 11.1 Å². The second kappa shape index (κ2) is 5.27. The predicted octanol–water partition coefficient (Wildman–Crippen LogP) is 3.18. The first-order valence-electron chi connectivity index (χ1n) is 6.38. The van der Waals surface area contributed by atoms with Crippen LogP contribution in [-0.4, -0.2) is 5.11 Å². The Bertz CT molecular complexity index is 733. The standard InChI is InChI=1S/C16H15NO3/c17-8-11-4-3-5-13-12(10-20-16(11)13)9-19-15-7-2-1-6-14(15)18/h1-7,10,18H,8-9,17H2. The number of ether oxygens (including phenoxy) is 1. The van der Waals surface area contributed by atoms with E-state index in [1.807, 2.05) is 24.3 Å². The summed E-state index contributed by atoms with van der Waals surface area (Å²) in [5.41, 5.74) is 8.38. The van der Waals surface area contributed by atoms with Gasteiger partial charge in [-0.15, -0.1) is 0 Å². The molecule has 102 valence electrons. The summed E-state index contributed by atoms with van der Waals surface area (Å²) >= 11 is 0. The third-order valence-corrected chi connectivity index (χ3v) is 3.23. The van der Waals surface area contributed by atoms with Crippen LogP contribution in [0.5, 0.6) is 11.5 Å². The number of benzene rings is 2. The third-order valence-electron chi connectivity index (χ3n) is 3.23. The maximum atomic E-state index is 9.67. The maximum Gasteiger partial charge on any atom is 0.161 e. The van der Waals surface area contributed by atoms with Gasteiger partial charge in [-0.2, -0.15) is 0 Å². The fourth-order valence-corrected chi connectivity index (χ4v) is 2.18. The molecule has 0 fully saturated rings. The zero-order chi connectivity index (χ0) is 13.9. The molecule has 3 N–H and O–H groups in total. The normalized spacial score (nSPS) is 10.8. The lowest BCUT2D eigenvalue weighted by Gasteiger charge is -2.06. The highest BCUT2D eigenvalue weighted by molar-refractivity contribution is 5.83. The molecule has 0 aliphatic carbocycles. The van der Waals surface area contributed by atoms with E-state index >= 15 is 0 Å². The quantitative estimate of drug-likeness (QED) is 0.763. The van der Waals surface area contributed by atoms with Crippen molar-refractivity contribution in [1.82, 2.24) is 0 Å². The molecule has 20 heavy (non-hydrogen) atoms. The van der Waals surface area contributed by atoms with E-state index in [1.165, 1.54) is 0 Å². The predicted molar refractivity (Wildman–Crippen MR) is 76.5 cm³/mol. The molecule has 0 saturated heterocycles. The molecule has 0 aliphatic heterocycles. The van der Waals surface area contributed by atoms with Crippen LogP contribution in [0.4, 0.5) is 0 Å². The molecule has 1 heterocycles. The summed E-state index contributed by atoms with van der Waals surface area (Å²) in [6, 6.07) is 12.8. The van der Waals surface area contributed by atoms with Gasteiger partial charge in [0.1, 0.15) is 12.2 Å². The Kier molecular flexibility index (Phi) is 3.31. The molecule has 0 bridgehead atoms. The number of nitrogens with two attached hydrogens (primary N) is 1. The van der Waals surface area contributed by atoms with Gasteiger partial charge in [0.25, 0.3) is 0 Å². The van der Waals surface area contributed by atoms with Crippen molar-refractivity contribution >= 4 is 11.0 Å². The smallest absolute Gasteiger partial charge is 0.161 e. The summed E-state index contributed by atoms with van der Waals surface area (Å²) in [7, 11) is 0. The van der Waals surface area contributed by atoms with Crippen LogP contribution in [0, 0.1) is 0 Å². The maximum absolute atomic E-state index is 9.67. The Morgan fingerprint density at radius 2 is 1.90 bits per heavy atom. The van der Waals surface area contributed by atoms with Gasteiger partial charge in [0.15, 0.2) is 11.5 Å². The van der Waals surface area contributed by atoms with Crippen molar-refractivity contribution < 1.29 is 14.3 Å². The minimum Gasteiger partial charge on any atom is -0.504 e. The Balaban J connectivity index is 1.87. The number of hydrogen-bond donors (Lipinski definition) is 2. The van der Waals surface area contributed by atoms with Gasteiger partial charge in [0.2, 0.25) is 0 Å². The highest BCUT2D eigenvalue weighted by Crippen LogP contribution is 2.28. The lowest BCUT2D eigenvalue weighted by Crippen LogP contribution is -1.97. The van der Waals surface area contributed by atoms with Crippen molar-refractivity contribution in [1.29, 1.82) is 0 Å². The van der Waals surface area contributed by atoms with E-state index in [4.69, 9.17) is 14.9 Å². The first-order valence-corrected chi connectivity index (χ1v) is 6.38. The van der Waals surface area contributed by atoms with E-state index < -0.39 is 0 Å². The molecular weight excluding hydrogens is 254 g/mol. The van der Waals surface area contributed by atoms with Gasteiger partial charge in [-0.05, 0) is 12.1 Å². The Morgan fingerprint density at radius 1 is 1.05 bits per heavy atom. The number of hydrogen-bond acceptors (Lipinski definition) is 4. The fraction of sp³-hybridized carbons (Fsp3) is 0.125. The van der Waals surface area contributed by atoms with Gasteiger partial charge in [0.05, 0.1) is 6.26 Å². The Labute approximate surface area is 116 Å². The van der Waals surface area contributed by atoms with Gasteiger partial charge in [-0.1, -0.05) is 30.3 Å². The van der Waals surface area contributed by atoms with E-state index in [-0.39, 0.29) is 5.75 Å². The summed E-state index contributed by atoms with van der Waals surface area (Å²) < 4.78 is 11.2. The van der Waals surface area contributed by atoms with Gasteiger partial charge >= 0.3 is 0 Å². The van der Waals surface area contributed by atoms with Crippen LogP contribution in [0.15, 0.2) is 53.1 Å². The molecule has 3 rings (SSSR count). The third kappa shape index (κ3) is 2.21. The van der Waals surface area contributed by atoms with E-state index in [1.54, 1.807) is 24.5 Å². The molecule has 4 nitrogen and oxygen atoms in total. The van der Waals surface area contributed by atoms with E-state index in [0.29, 0.717) is 18.9 Å². The lowest BCUT2D eigenvalue weighted by molar-refractivity contribution is 0.289. The SMILES string of the molecule is NCc1cccc2c(COc3ccccc3O)coc12. The second-order valence-electron chi connectivity index (χ2n) is 4.52. The summed E-state index contributed by atoms with van der Waals surface area (Å²) in [4.78, 5) is 0. The molecule has 0 unspecified atom stereocenters. The number of para-hydroxylation sites is 3. The van der Waals surface area contributed by atoms with Crippen molar-refractivity contribution in [3.8, 4) is 11.5 Å². The average Bonchev–Trinajstić information content (AvgIpc) is 2.89. The molecule has 4 heteroatoms. The van der Waals surface area contributed by atoms with Crippen molar-refractivity contribution in [3.63, 3.8) is 0 Å². The first kappa shape index (κ1) is 12.6.